The molecular weight excluding hydrogens is 200 g/mol. The third kappa shape index (κ3) is 2.02. The minimum absolute atomic E-state index is 0.0439. The number of nitriles is 1. The molecule has 84 valence electrons. The van der Waals surface area contributed by atoms with Gasteiger partial charge in [-0.3, -0.25) is 0 Å². The van der Waals surface area contributed by atoms with Crippen LogP contribution in [0.1, 0.15) is 24.5 Å². The molecule has 0 amide bonds. The van der Waals surface area contributed by atoms with E-state index in [0.717, 1.165) is 24.3 Å². The Balaban J connectivity index is 2.30. The smallest absolute Gasteiger partial charge is 0.101 e. The van der Waals surface area contributed by atoms with E-state index in [0.29, 0.717) is 12.2 Å². The van der Waals surface area contributed by atoms with E-state index in [4.69, 9.17) is 10.00 Å². The van der Waals surface area contributed by atoms with Crippen molar-refractivity contribution in [3.63, 3.8) is 0 Å². The third-order valence-corrected chi connectivity index (χ3v) is 3.04. The first-order valence-electron chi connectivity index (χ1n) is 5.50. The number of aryl methyl sites for hydroxylation is 1. The lowest BCUT2D eigenvalue weighted by atomic mass is 9.99. The number of benzene rings is 1. The van der Waals surface area contributed by atoms with Gasteiger partial charge in [0.2, 0.25) is 0 Å². The van der Waals surface area contributed by atoms with E-state index in [2.05, 4.69) is 18.3 Å². The second kappa shape index (κ2) is 4.15. The minimum Gasteiger partial charge on any atom is -0.379 e. The SMILES string of the molecule is Cc1cccc(C#N)c1NC1(C)CCOC1. The lowest BCUT2D eigenvalue weighted by Crippen LogP contribution is -2.35. The van der Waals surface area contributed by atoms with Crippen LogP contribution >= 0.6 is 0 Å². The van der Waals surface area contributed by atoms with Gasteiger partial charge in [0.1, 0.15) is 6.07 Å². The average molecular weight is 216 g/mol. The Labute approximate surface area is 96.0 Å². The van der Waals surface area contributed by atoms with E-state index < -0.39 is 0 Å². The highest BCUT2D eigenvalue weighted by Gasteiger charge is 2.30. The summed E-state index contributed by atoms with van der Waals surface area (Å²) in [5.74, 6) is 0. The van der Waals surface area contributed by atoms with Gasteiger partial charge in [0.15, 0.2) is 0 Å². The molecule has 1 heterocycles. The Morgan fingerprint density at radius 3 is 2.94 bits per heavy atom. The number of hydrogen-bond acceptors (Lipinski definition) is 3. The van der Waals surface area contributed by atoms with Crippen LogP contribution in [-0.4, -0.2) is 18.8 Å². The number of ether oxygens (including phenoxy) is 1. The largest absolute Gasteiger partial charge is 0.379 e. The summed E-state index contributed by atoms with van der Waals surface area (Å²) in [4.78, 5) is 0. The molecule has 1 fully saturated rings. The van der Waals surface area contributed by atoms with Crippen molar-refractivity contribution >= 4 is 5.69 Å². The summed E-state index contributed by atoms with van der Waals surface area (Å²) in [6.07, 6.45) is 0.978. The quantitative estimate of drug-likeness (QED) is 0.826. The topological polar surface area (TPSA) is 45.0 Å². The molecule has 16 heavy (non-hydrogen) atoms. The first-order valence-corrected chi connectivity index (χ1v) is 5.50. The fourth-order valence-electron chi connectivity index (χ4n) is 1.99. The van der Waals surface area contributed by atoms with Gasteiger partial charge in [0.25, 0.3) is 0 Å². The Kier molecular flexibility index (Phi) is 2.84. The summed E-state index contributed by atoms with van der Waals surface area (Å²) in [5, 5.41) is 12.5. The summed E-state index contributed by atoms with van der Waals surface area (Å²) in [6, 6.07) is 7.99. The van der Waals surface area contributed by atoms with Gasteiger partial charge >= 0.3 is 0 Å². The zero-order valence-electron chi connectivity index (χ0n) is 9.71. The number of nitrogens with one attached hydrogen (secondary N) is 1. The maximum absolute atomic E-state index is 9.08. The Morgan fingerprint density at radius 1 is 1.50 bits per heavy atom. The summed E-state index contributed by atoms with van der Waals surface area (Å²) < 4.78 is 5.40. The van der Waals surface area contributed by atoms with Gasteiger partial charge in [-0.05, 0) is 31.9 Å². The van der Waals surface area contributed by atoms with Crippen LogP contribution in [0.5, 0.6) is 0 Å². The van der Waals surface area contributed by atoms with Crippen LogP contribution in [0.25, 0.3) is 0 Å². The third-order valence-electron chi connectivity index (χ3n) is 3.04. The molecule has 1 aromatic rings. The van der Waals surface area contributed by atoms with Gasteiger partial charge in [-0.25, -0.2) is 0 Å². The molecule has 0 spiro atoms. The first kappa shape index (κ1) is 11.0. The molecule has 1 atom stereocenters. The monoisotopic (exact) mass is 216 g/mol. The first-order chi connectivity index (χ1) is 7.64. The molecule has 1 saturated heterocycles. The number of hydrogen-bond donors (Lipinski definition) is 1. The van der Waals surface area contributed by atoms with Crippen molar-refractivity contribution < 1.29 is 4.74 Å². The molecule has 0 bridgehead atoms. The number of para-hydroxylation sites is 1. The highest BCUT2D eigenvalue weighted by Crippen LogP contribution is 2.28. The molecule has 1 N–H and O–H groups in total. The van der Waals surface area contributed by atoms with E-state index >= 15 is 0 Å². The highest BCUT2D eigenvalue weighted by atomic mass is 16.5. The molecule has 0 saturated carbocycles. The second-order valence-electron chi connectivity index (χ2n) is 4.60. The van der Waals surface area contributed by atoms with Gasteiger partial charge in [-0.2, -0.15) is 5.26 Å². The molecule has 0 aromatic heterocycles. The number of anilines is 1. The molecule has 0 aliphatic carbocycles. The molecule has 1 aromatic carbocycles. The summed E-state index contributed by atoms with van der Waals surface area (Å²) >= 11 is 0. The molecule has 2 rings (SSSR count). The van der Waals surface area contributed by atoms with E-state index in [1.807, 2.05) is 25.1 Å². The van der Waals surface area contributed by atoms with Crippen LogP contribution in [0.15, 0.2) is 18.2 Å². The lowest BCUT2D eigenvalue weighted by molar-refractivity contribution is 0.185. The van der Waals surface area contributed by atoms with Crippen molar-refractivity contribution in [1.29, 1.82) is 5.26 Å². The normalized spacial score (nSPS) is 24.1. The zero-order chi connectivity index (χ0) is 11.6. The van der Waals surface area contributed by atoms with Crippen molar-refractivity contribution in [3.8, 4) is 6.07 Å². The highest BCUT2D eigenvalue weighted by molar-refractivity contribution is 5.63. The molecule has 0 radical (unpaired) electrons. The van der Waals surface area contributed by atoms with Crippen LogP contribution in [0.2, 0.25) is 0 Å². The molecule has 3 heteroatoms. The van der Waals surface area contributed by atoms with Crippen molar-refractivity contribution in [1.82, 2.24) is 0 Å². The maximum atomic E-state index is 9.08. The Hall–Kier alpha value is -1.53. The van der Waals surface area contributed by atoms with Crippen molar-refractivity contribution in [2.75, 3.05) is 18.5 Å². The second-order valence-corrected chi connectivity index (χ2v) is 4.60. The molecule has 1 unspecified atom stereocenters. The summed E-state index contributed by atoms with van der Waals surface area (Å²) in [5.41, 5.74) is 2.70. The molecule has 3 nitrogen and oxygen atoms in total. The number of rotatable bonds is 2. The van der Waals surface area contributed by atoms with Gasteiger partial charge < -0.3 is 10.1 Å². The van der Waals surface area contributed by atoms with Gasteiger partial charge in [-0.1, -0.05) is 12.1 Å². The molecular formula is C13H16N2O. The van der Waals surface area contributed by atoms with Gasteiger partial charge in [-0.15, -0.1) is 0 Å². The standard InChI is InChI=1S/C13H16N2O/c1-10-4-3-5-11(8-14)12(10)15-13(2)6-7-16-9-13/h3-5,15H,6-7,9H2,1-2H3. The Bertz CT molecular complexity index is 428. The molecule has 1 aliphatic rings. The predicted octanol–water partition coefficient (Wildman–Crippen LogP) is 2.46. The minimum atomic E-state index is -0.0439. The average Bonchev–Trinajstić information content (AvgIpc) is 2.68. The van der Waals surface area contributed by atoms with Crippen LogP contribution < -0.4 is 5.32 Å². The van der Waals surface area contributed by atoms with Gasteiger partial charge in [0.05, 0.1) is 23.4 Å². The van der Waals surface area contributed by atoms with E-state index in [9.17, 15) is 0 Å². The Morgan fingerprint density at radius 2 is 2.31 bits per heavy atom. The fraction of sp³-hybridized carbons (Fsp3) is 0.462. The number of nitrogens with zero attached hydrogens (tertiary/aromatic N) is 1. The van der Waals surface area contributed by atoms with Crippen LogP contribution in [0.4, 0.5) is 5.69 Å². The van der Waals surface area contributed by atoms with Crippen molar-refractivity contribution in [2.24, 2.45) is 0 Å². The van der Waals surface area contributed by atoms with Crippen LogP contribution in [0.3, 0.4) is 0 Å². The van der Waals surface area contributed by atoms with E-state index in [1.165, 1.54) is 0 Å². The van der Waals surface area contributed by atoms with Crippen LogP contribution in [-0.2, 0) is 4.74 Å². The van der Waals surface area contributed by atoms with Crippen molar-refractivity contribution in [2.45, 2.75) is 25.8 Å². The predicted molar refractivity (Wildman–Crippen MR) is 63.4 cm³/mol. The van der Waals surface area contributed by atoms with E-state index in [1.54, 1.807) is 0 Å². The maximum Gasteiger partial charge on any atom is 0.101 e. The van der Waals surface area contributed by atoms with E-state index in [-0.39, 0.29) is 5.54 Å². The van der Waals surface area contributed by atoms with Gasteiger partial charge in [0, 0.05) is 6.61 Å². The fourth-order valence-corrected chi connectivity index (χ4v) is 1.99. The summed E-state index contributed by atoms with van der Waals surface area (Å²) in [7, 11) is 0. The van der Waals surface area contributed by atoms with Crippen LogP contribution in [0, 0.1) is 18.3 Å². The zero-order valence-corrected chi connectivity index (χ0v) is 9.71. The van der Waals surface area contributed by atoms with Crippen molar-refractivity contribution in [3.05, 3.63) is 29.3 Å². The lowest BCUT2D eigenvalue weighted by Gasteiger charge is -2.26. The summed E-state index contributed by atoms with van der Waals surface area (Å²) in [6.45, 7) is 5.64. The molecule has 1 aliphatic heterocycles.